The van der Waals surface area contributed by atoms with Crippen LogP contribution in [0.5, 0.6) is 0 Å². The zero-order valence-corrected chi connectivity index (χ0v) is 13.2. The van der Waals surface area contributed by atoms with E-state index in [1.54, 1.807) is 6.07 Å². The highest BCUT2D eigenvalue weighted by molar-refractivity contribution is 6.05. The summed E-state index contributed by atoms with van der Waals surface area (Å²) in [5.41, 5.74) is 0.443. The van der Waals surface area contributed by atoms with Gasteiger partial charge in [0.05, 0.1) is 11.1 Å². The average molecular weight is 315 g/mol. The van der Waals surface area contributed by atoms with Crippen molar-refractivity contribution in [1.82, 2.24) is 10.3 Å². The van der Waals surface area contributed by atoms with Crippen LogP contribution in [0.4, 0.5) is 10.1 Å². The van der Waals surface area contributed by atoms with Crippen LogP contribution in [0.25, 0.3) is 0 Å². The van der Waals surface area contributed by atoms with Crippen molar-refractivity contribution in [3.63, 3.8) is 0 Å². The van der Waals surface area contributed by atoms with Gasteiger partial charge in [-0.1, -0.05) is 6.07 Å². The second kappa shape index (κ2) is 6.56. The maximum atomic E-state index is 13.1. The molecule has 2 N–H and O–H groups in total. The molecule has 0 aliphatic rings. The number of nitrogens with zero attached hydrogens (tertiary/aromatic N) is 1. The summed E-state index contributed by atoms with van der Waals surface area (Å²) in [4.78, 5) is 28.2. The first-order valence-electron chi connectivity index (χ1n) is 7.09. The number of carbonyl (C=O) groups excluding carboxylic acids is 2. The van der Waals surface area contributed by atoms with E-state index < -0.39 is 17.3 Å². The first-order chi connectivity index (χ1) is 10.7. The molecule has 1 aromatic carbocycles. The quantitative estimate of drug-likeness (QED) is 0.914. The molecule has 0 aliphatic heterocycles. The second-order valence-corrected chi connectivity index (χ2v) is 6.13. The summed E-state index contributed by atoms with van der Waals surface area (Å²) in [6, 6.07) is 7.01. The Morgan fingerprint density at radius 2 is 1.70 bits per heavy atom. The highest BCUT2D eigenvalue weighted by atomic mass is 19.1. The Hall–Kier alpha value is -2.76. The van der Waals surface area contributed by atoms with Gasteiger partial charge in [0.15, 0.2) is 0 Å². The fourth-order valence-corrected chi connectivity index (χ4v) is 1.87. The molecule has 0 saturated carbocycles. The first-order valence-corrected chi connectivity index (χ1v) is 7.09. The van der Waals surface area contributed by atoms with Crippen LogP contribution in [0.3, 0.4) is 0 Å². The number of amides is 2. The molecular formula is C17H18FN3O2. The van der Waals surface area contributed by atoms with E-state index in [0.29, 0.717) is 5.69 Å². The predicted molar refractivity (Wildman–Crippen MR) is 85.8 cm³/mol. The van der Waals surface area contributed by atoms with Crippen molar-refractivity contribution in [2.24, 2.45) is 0 Å². The maximum absolute atomic E-state index is 13.1. The van der Waals surface area contributed by atoms with Crippen molar-refractivity contribution >= 4 is 17.5 Å². The third kappa shape index (κ3) is 4.88. The molecule has 0 fully saturated rings. The molecule has 2 rings (SSSR count). The number of benzene rings is 1. The van der Waals surface area contributed by atoms with Gasteiger partial charge in [0, 0.05) is 23.6 Å². The molecule has 0 atom stereocenters. The van der Waals surface area contributed by atoms with Gasteiger partial charge in [-0.25, -0.2) is 4.39 Å². The van der Waals surface area contributed by atoms with Gasteiger partial charge in [-0.2, -0.15) is 0 Å². The third-order valence-corrected chi connectivity index (χ3v) is 2.83. The number of hydrogen-bond acceptors (Lipinski definition) is 3. The lowest BCUT2D eigenvalue weighted by molar-refractivity contribution is 0.0919. The van der Waals surface area contributed by atoms with E-state index in [1.165, 1.54) is 36.7 Å². The van der Waals surface area contributed by atoms with Gasteiger partial charge in [-0.05, 0) is 45.0 Å². The number of halogens is 1. The van der Waals surface area contributed by atoms with Gasteiger partial charge in [-0.15, -0.1) is 0 Å². The Morgan fingerprint density at radius 1 is 1.04 bits per heavy atom. The largest absolute Gasteiger partial charge is 0.347 e. The lowest BCUT2D eigenvalue weighted by atomic mass is 10.1. The summed E-state index contributed by atoms with van der Waals surface area (Å²) in [7, 11) is 0. The van der Waals surface area contributed by atoms with Gasteiger partial charge in [0.1, 0.15) is 5.82 Å². The minimum absolute atomic E-state index is 0.218. The Labute approximate surface area is 133 Å². The topological polar surface area (TPSA) is 71.1 Å². The fourth-order valence-electron chi connectivity index (χ4n) is 1.87. The number of nitrogens with one attached hydrogen (secondary N) is 2. The standard InChI is InChI=1S/C17H18FN3O2/c1-17(2,3)21-16(23)12-7-11(9-19-10-12)15(22)20-14-6-4-5-13(18)8-14/h4-10H,1-3H3,(H,20,22)(H,21,23). The summed E-state index contributed by atoms with van der Waals surface area (Å²) in [6.45, 7) is 5.58. The Balaban J connectivity index is 2.16. The van der Waals surface area contributed by atoms with Crippen LogP contribution >= 0.6 is 0 Å². The van der Waals surface area contributed by atoms with Crippen molar-refractivity contribution in [3.8, 4) is 0 Å². The molecule has 0 saturated heterocycles. The fraction of sp³-hybridized carbons (Fsp3) is 0.235. The number of hydrogen-bond donors (Lipinski definition) is 2. The molecule has 1 aromatic heterocycles. The lowest BCUT2D eigenvalue weighted by Crippen LogP contribution is -2.40. The van der Waals surface area contributed by atoms with Crippen LogP contribution in [0, 0.1) is 5.82 Å². The second-order valence-electron chi connectivity index (χ2n) is 6.13. The average Bonchev–Trinajstić information content (AvgIpc) is 2.45. The van der Waals surface area contributed by atoms with E-state index in [0.717, 1.165) is 0 Å². The molecular weight excluding hydrogens is 297 g/mol. The van der Waals surface area contributed by atoms with Crippen LogP contribution in [0.15, 0.2) is 42.7 Å². The summed E-state index contributed by atoms with van der Waals surface area (Å²) < 4.78 is 13.1. The highest BCUT2D eigenvalue weighted by Gasteiger charge is 2.17. The van der Waals surface area contributed by atoms with Crippen molar-refractivity contribution in [3.05, 3.63) is 59.7 Å². The summed E-state index contributed by atoms with van der Waals surface area (Å²) in [5.74, 6) is -1.22. The molecule has 0 spiro atoms. The van der Waals surface area contributed by atoms with Crippen molar-refractivity contribution in [1.29, 1.82) is 0 Å². The molecule has 23 heavy (non-hydrogen) atoms. The minimum Gasteiger partial charge on any atom is -0.347 e. The van der Waals surface area contributed by atoms with Gasteiger partial charge in [0.25, 0.3) is 11.8 Å². The highest BCUT2D eigenvalue weighted by Crippen LogP contribution is 2.12. The summed E-state index contributed by atoms with van der Waals surface area (Å²) in [6.07, 6.45) is 2.74. The summed E-state index contributed by atoms with van der Waals surface area (Å²) in [5, 5.41) is 5.36. The summed E-state index contributed by atoms with van der Waals surface area (Å²) >= 11 is 0. The van der Waals surface area contributed by atoms with E-state index >= 15 is 0 Å². The van der Waals surface area contributed by atoms with Crippen molar-refractivity contribution in [2.45, 2.75) is 26.3 Å². The number of anilines is 1. The molecule has 2 amide bonds. The normalized spacial score (nSPS) is 11.0. The van der Waals surface area contributed by atoms with Crippen LogP contribution in [-0.2, 0) is 0 Å². The van der Waals surface area contributed by atoms with Crippen molar-refractivity contribution in [2.75, 3.05) is 5.32 Å². The third-order valence-electron chi connectivity index (χ3n) is 2.83. The van der Waals surface area contributed by atoms with Gasteiger partial charge in [-0.3, -0.25) is 14.6 Å². The molecule has 1 heterocycles. The Kier molecular flexibility index (Phi) is 4.74. The van der Waals surface area contributed by atoms with Gasteiger partial charge < -0.3 is 10.6 Å². The molecule has 0 aliphatic carbocycles. The molecule has 0 radical (unpaired) electrons. The van der Waals surface area contributed by atoms with Gasteiger partial charge >= 0.3 is 0 Å². The SMILES string of the molecule is CC(C)(C)NC(=O)c1cncc(C(=O)Nc2cccc(F)c2)c1. The smallest absolute Gasteiger partial charge is 0.257 e. The van der Waals surface area contributed by atoms with E-state index in [4.69, 9.17) is 0 Å². The van der Waals surface area contributed by atoms with Crippen LogP contribution in [-0.4, -0.2) is 22.3 Å². The van der Waals surface area contributed by atoms with Crippen LogP contribution < -0.4 is 10.6 Å². The number of aromatic nitrogens is 1. The van der Waals surface area contributed by atoms with Crippen LogP contribution in [0.1, 0.15) is 41.5 Å². The maximum Gasteiger partial charge on any atom is 0.257 e. The number of rotatable bonds is 3. The zero-order chi connectivity index (χ0) is 17.0. The molecule has 6 heteroatoms. The van der Waals surface area contributed by atoms with Gasteiger partial charge in [0.2, 0.25) is 0 Å². The van der Waals surface area contributed by atoms with E-state index in [1.807, 2.05) is 20.8 Å². The molecule has 0 unspecified atom stereocenters. The lowest BCUT2D eigenvalue weighted by Gasteiger charge is -2.20. The number of carbonyl (C=O) groups is 2. The number of pyridine rings is 1. The Bertz CT molecular complexity index is 739. The minimum atomic E-state index is -0.464. The van der Waals surface area contributed by atoms with E-state index in [-0.39, 0.29) is 17.0 Å². The molecule has 2 aromatic rings. The Morgan fingerprint density at radius 3 is 2.30 bits per heavy atom. The van der Waals surface area contributed by atoms with E-state index in [2.05, 4.69) is 15.6 Å². The first kappa shape index (κ1) is 16.6. The molecule has 120 valence electrons. The van der Waals surface area contributed by atoms with E-state index in [9.17, 15) is 14.0 Å². The predicted octanol–water partition coefficient (Wildman–Crippen LogP) is 3.00. The zero-order valence-electron chi connectivity index (χ0n) is 13.2. The van der Waals surface area contributed by atoms with Crippen molar-refractivity contribution < 1.29 is 14.0 Å². The van der Waals surface area contributed by atoms with Crippen LogP contribution in [0.2, 0.25) is 0 Å². The molecule has 5 nitrogen and oxygen atoms in total. The molecule has 0 bridgehead atoms. The monoisotopic (exact) mass is 315 g/mol.